The van der Waals surface area contributed by atoms with Crippen molar-refractivity contribution in [2.24, 2.45) is 0 Å². The molecule has 144 valence electrons. The number of halogens is 1. The van der Waals surface area contributed by atoms with E-state index in [0.29, 0.717) is 22.8 Å². The fourth-order valence-electron chi connectivity index (χ4n) is 3.60. The highest BCUT2D eigenvalue weighted by atomic mass is 35.5. The molecule has 3 rings (SSSR count). The maximum Gasteiger partial charge on any atom is 0.340 e. The Bertz CT molecular complexity index is 824. The first-order valence-electron chi connectivity index (χ1n) is 9.43. The molecule has 2 N–H and O–H groups in total. The molecule has 1 aliphatic carbocycles. The summed E-state index contributed by atoms with van der Waals surface area (Å²) in [7, 11) is 0. The van der Waals surface area contributed by atoms with Crippen molar-refractivity contribution in [3.63, 3.8) is 0 Å². The summed E-state index contributed by atoms with van der Waals surface area (Å²) in [5, 5.41) is 17.7. The average Bonchev–Trinajstić information content (AvgIpc) is 3.03. The molecule has 0 saturated heterocycles. The summed E-state index contributed by atoms with van der Waals surface area (Å²) < 4.78 is 1.55. The van der Waals surface area contributed by atoms with Gasteiger partial charge >= 0.3 is 5.97 Å². The number of nitrogens with zero attached hydrogens (tertiary/aromatic N) is 2. The first-order valence-corrected chi connectivity index (χ1v) is 9.81. The first-order chi connectivity index (χ1) is 13.0. The van der Waals surface area contributed by atoms with E-state index < -0.39 is 11.9 Å². The second-order valence-electron chi connectivity index (χ2n) is 6.92. The number of benzene rings is 1. The minimum atomic E-state index is -1.13. The van der Waals surface area contributed by atoms with E-state index in [2.05, 4.69) is 10.4 Å². The number of amides is 1. The normalized spacial score (nSPS) is 14.9. The zero-order chi connectivity index (χ0) is 19.4. The molecule has 1 saturated carbocycles. The van der Waals surface area contributed by atoms with Gasteiger partial charge in [0.25, 0.3) is 5.91 Å². The number of hydrogen-bond donors (Lipinski definition) is 2. The van der Waals surface area contributed by atoms with Gasteiger partial charge in [0.2, 0.25) is 0 Å². The van der Waals surface area contributed by atoms with Crippen LogP contribution in [0, 0.1) is 0 Å². The second-order valence-corrected chi connectivity index (χ2v) is 7.36. The number of aromatic nitrogens is 2. The van der Waals surface area contributed by atoms with Gasteiger partial charge in [-0.05, 0) is 43.5 Å². The third kappa shape index (κ3) is 4.33. The van der Waals surface area contributed by atoms with Gasteiger partial charge in [-0.3, -0.25) is 4.79 Å². The average molecular weight is 390 g/mol. The summed E-state index contributed by atoms with van der Waals surface area (Å²) in [6, 6.07) is 7.06. The number of carboxylic acid groups (broad SMARTS) is 1. The summed E-state index contributed by atoms with van der Waals surface area (Å²) in [4.78, 5) is 24.8. The van der Waals surface area contributed by atoms with Gasteiger partial charge in [-0.25, -0.2) is 9.48 Å². The van der Waals surface area contributed by atoms with Crippen LogP contribution in [-0.2, 0) is 6.42 Å². The molecule has 0 unspecified atom stereocenters. The first kappa shape index (κ1) is 19.4. The van der Waals surface area contributed by atoms with E-state index in [9.17, 15) is 14.7 Å². The van der Waals surface area contributed by atoms with Gasteiger partial charge in [0, 0.05) is 11.1 Å². The molecule has 1 aromatic carbocycles. The molecule has 7 heteroatoms. The molecule has 27 heavy (non-hydrogen) atoms. The quantitative estimate of drug-likeness (QED) is 0.773. The molecule has 1 aromatic heterocycles. The van der Waals surface area contributed by atoms with Gasteiger partial charge in [0.1, 0.15) is 5.56 Å². The van der Waals surface area contributed by atoms with E-state index in [1.807, 2.05) is 6.92 Å². The number of nitrogens with one attached hydrogen (secondary N) is 1. The van der Waals surface area contributed by atoms with Crippen LogP contribution in [0.15, 0.2) is 24.3 Å². The molecule has 1 fully saturated rings. The lowest BCUT2D eigenvalue weighted by atomic mass is 9.95. The highest BCUT2D eigenvalue weighted by molar-refractivity contribution is 6.30. The fourth-order valence-corrected chi connectivity index (χ4v) is 3.73. The van der Waals surface area contributed by atoms with Crippen LogP contribution in [0.4, 0.5) is 0 Å². The van der Waals surface area contributed by atoms with E-state index in [4.69, 9.17) is 11.6 Å². The predicted molar refractivity (Wildman–Crippen MR) is 104 cm³/mol. The minimum Gasteiger partial charge on any atom is -0.478 e. The van der Waals surface area contributed by atoms with Gasteiger partial charge in [-0.1, -0.05) is 44.2 Å². The number of carboxylic acids is 1. The Morgan fingerprint density at radius 3 is 2.48 bits per heavy atom. The maximum absolute atomic E-state index is 12.8. The third-order valence-corrected chi connectivity index (χ3v) is 5.16. The summed E-state index contributed by atoms with van der Waals surface area (Å²) in [6.45, 7) is 1.96. The molecule has 0 aliphatic heterocycles. The summed E-state index contributed by atoms with van der Waals surface area (Å²) in [6.07, 6.45) is 6.44. The van der Waals surface area contributed by atoms with Crippen LogP contribution >= 0.6 is 11.6 Å². The molecule has 2 aromatic rings. The highest BCUT2D eigenvalue weighted by Crippen LogP contribution is 2.23. The van der Waals surface area contributed by atoms with E-state index in [0.717, 1.165) is 32.1 Å². The highest BCUT2D eigenvalue weighted by Gasteiger charge is 2.29. The lowest BCUT2D eigenvalue weighted by molar-refractivity contribution is 0.0689. The van der Waals surface area contributed by atoms with E-state index in [1.54, 1.807) is 28.9 Å². The molecule has 1 aliphatic rings. The SMILES string of the molecule is CCCc1c(C(=O)O)c(C(=O)NC2CCCCC2)nn1-c1ccc(Cl)cc1. The lowest BCUT2D eigenvalue weighted by Gasteiger charge is -2.22. The Morgan fingerprint density at radius 1 is 1.22 bits per heavy atom. The Hall–Kier alpha value is -2.34. The summed E-state index contributed by atoms with van der Waals surface area (Å²) in [5.74, 6) is -1.54. The van der Waals surface area contributed by atoms with Crippen LogP contribution in [0.5, 0.6) is 0 Å². The summed E-state index contributed by atoms with van der Waals surface area (Å²) >= 11 is 5.96. The van der Waals surface area contributed by atoms with Crippen molar-refractivity contribution in [1.29, 1.82) is 0 Å². The van der Waals surface area contributed by atoms with Crippen LogP contribution in [0.1, 0.15) is 72.0 Å². The number of aromatic carboxylic acids is 1. The molecule has 0 atom stereocenters. The standard InChI is InChI=1S/C20H24ClN3O3/c1-2-6-16-17(20(26)27)18(19(25)22-14-7-4-3-5-8-14)23-24(16)15-11-9-13(21)10-12-15/h9-12,14H,2-8H2,1H3,(H,22,25)(H,26,27). The van der Waals surface area contributed by atoms with Gasteiger partial charge < -0.3 is 10.4 Å². The van der Waals surface area contributed by atoms with E-state index in [-0.39, 0.29) is 17.3 Å². The lowest BCUT2D eigenvalue weighted by Crippen LogP contribution is -2.37. The van der Waals surface area contributed by atoms with Crippen molar-refractivity contribution in [2.75, 3.05) is 0 Å². The van der Waals surface area contributed by atoms with Crippen molar-refractivity contribution >= 4 is 23.5 Å². The third-order valence-electron chi connectivity index (χ3n) is 4.91. The Labute approximate surface area is 163 Å². The zero-order valence-electron chi connectivity index (χ0n) is 15.4. The molecule has 0 bridgehead atoms. The van der Waals surface area contributed by atoms with Crippen molar-refractivity contribution < 1.29 is 14.7 Å². The second kappa shape index (κ2) is 8.57. The molecule has 0 spiro atoms. The smallest absolute Gasteiger partial charge is 0.340 e. The van der Waals surface area contributed by atoms with Crippen LogP contribution in [0.2, 0.25) is 5.02 Å². The van der Waals surface area contributed by atoms with Crippen LogP contribution < -0.4 is 5.32 Å². The fraction of sp³-hybridized carbons (Fsp3) is 0.450. The number of rotatable bonds is 6. The molecular weight excluding hydrogens is 366 g/mol. The Morgan fingerprint density at radius 2 is 1.89 bits per heavy atom. The Kier molecular flexibility index (Phi) is 6.16. The van der Waals surface area contributed by atoms with Crippen LogP contribution in [0.25, 0.3) is 5.69 Å². The monoisotopic (exact) mass is 389 g/mol. The number of hydrogen-bond acceptors (Lipinski definition) is 3. The van der Waals surface area contributed by atoms with E-state index in [1.165, 1.54) is 6.42 Å². The van der Waals surface area contributed by atoms with Crippen LogP contribution in [0.3, 0.4) is 0 Å². The maximum atomic E-state index is 12.8. The molecule has 0 radical (unpaired) electrons. The van der Waals surface area contributed by atoms with Gasteiger partial charge in [-0.2, -0.15) is 5.10 Å². The summed E-state index contributed by atoms with van der Waals surface area (Å²) in [5.41, 5.74) is 1.18. The van der Waals surface area contributed by atoms with Gasteiger partial charge in [0.05, 0.1) is 11.4 Å². The van der Waals surface area contributed by atoms with Gasteiger partial charge in [-0.15, -0.1) is 0 Å². The molecule has 1 heterocycles. The number of carbonyl (C=O) groups excluding carboxylic acids is 1. The largest absolute Gasteiger partial charge is 0.478 e. The number of carbonyl (C=O) groups is 2. The zero-order valence-corrected chi connectivity index (χ0v) is 16.1. The van der Waals surface area contributed by atoms with Crippen molar-refractivity contribution in [3.05, 3.63) is 46.2 Å². The van der Waals surface area contributed by atoms with Crippen molar-refractivity contribution in [1.82, 2.24) is 15.1 Å². The van der Waals surface area contributed by atoms with Crippen molar-refractivity contribution in [3.8, 4) is 5.69 Å². The van der Waals surface area contributed by atoms with Crippen molar-refractivity contribution in [2.45, 2.75) is 57.9 Å². The molecule has 6 nitrogen and oxygen atoms in total. The predicted octanol–water partition coefficient (Wildman–Crippen LogP) is 4.24. The van der Waals surface area contributed by atoms with Gasteiger partial charge in [0.15, 0.2) is 5.69 Å². The Balaban J connectivity index is 2.01. The minimum absolute atomic E-state index is 0.0138. The topological polar surface area (TPSA) is 84.2 Å². The molecular formula is C20H24ClN3O3. The van der Waals surface area contributed by atoms with Crippen LogP contribution in [-0.4, -0.2) is 32.8 Å². The molecule has 1 amide bonds. The van der Waals surface area contributed by atoms with E-state index >= 15 is 0 Å².